The van der Waals surface area contributed by atoms with Crippen LogP contribution in [0.1, 0.15) is 6.42 Å². The van der Waals surface area contributed by atoms with Crippen LogP contribution in [0.2, 0.25) is 0 Å². The Balaban J connectivity index is 1.57. The van der Waals surface area contributed by atoms with Crippen molar-refractivity contribution in [3.05, 3.63) is 31.0 Å². The van der Waals surface area contributed by atoms with Crippen molar-refractivity contribution < 1.29 is 0 Å². The molecule has 8 heteroatoms. The number of aromatic amines is 1. The van der Waals surface area contributed by atoms with Crippen LogP contribution in [0.4, 0.5) is 11.6 Å². The Bertz CT molecular complexity index is 756. The summed E-state index contributed by atoms with van der Waals surface area (Å²) < 4.78 is 0. The highest BCUT2D eigenvalue weighted by molar-refractivity contribution is 5.82. The van der Waals surface area contributed by atoms with Crippen molar-refractivity contribution in [2.75, 3.05) is 36.0 Å². The number of nitrogens with zero attached hydrogens (tertiary/aromatic N) is 7. The predicted molar refractivity (Wildman–Crippen MR) is 82.8 cm³/mol. The fraction of sp³-hybridized carbons (Fsp3) is 0.357. The summed E-state index contributed by atoms with van der Waals surface area (Å²) in [5.74, 6) is 1.85. The van der Waals surface area contributed by atoms with E-state index in [1.807, 2.05) is 12.1 Å². The molecule has 4 heterocycles. The first-order chi connectivity index (χ1) is 10.9. The maximum absolute atomic E-state index is 4.44. The Morgan fingerprint density at radius 2 is 1.91 bits per heavy atom. The molecule has 0 saturated carbocycles. The average Bonchev–Trinajstić information content (AvgIpc) is 2.92. The number of hydrogen-bond donors (Lipinski definition) is 1. The molecule has 1 fully saturated rings. The van der Waals surface area contributed by atoms with Crippen molar-refractivity contribution in [3.8, 4) is 0 Å². The van der Waals surface area contributed by atoms with Crippen LogP contribution in [0.5, 0.6) is 0 Å². The van der Waals surface area contributed by atoms with Crippen LogP contribution in [0, 0.1) is 0 Å². The summed E-state index contributed by atoms with van der Waals surface area (Å²) in [6, 6.07) is 3.92. The Kier molecular flexibility index (Phi) is 3.26. The lowest BCUT2D eigenvalue weighted by molar-refractivity contribution is 0.785. The van der Waals surface area contributed by atoms with E-state index in [4.69, 9.17) is 0 Å². The molecular weight excluding hydrogens is 280 g/mol. The van der Waals surface area contributed by atoms with E-state index in [0.717, 1.165) is 49.8 Å². The van der Waals surface area contributed by atoms with Crippen LogP contribution in [0.3, 0.4) is 0 Å². The SMILES string of the molecule is c1cnnc(N2CCCN(c3ncnc4nc[nH]c34)CC2)c1. The van der Waals surface area contributed by atoms with Gasteiger partial charge in [0.2, 0.25) is 0 Å². The zero-order valence-corrected chi connectivity index (χ0v) is 12.1. The lowest BCUT2D eigenvalue weighted by atomic mass is 10.3. The van der Waals surface area contributed by atoms with Crippen molar-refractivity contribution in [2.24, 2.45) is 0 Å². The van der Waals surface area contributed by atoms with Gasteiger partial charge >= 0.3 is 0 Å². The second-order valence-electron chi connectivity index (χ2n) is 5.21. The summed E-state index contributed by atoms with van der Waals surface area (Å²) in [5.41, 5.74) is 1.61. The zero-order valence-electron chi connectivity index (χ0n) is 12.1. The molecule has 1 aliphatic rings. The molecule has 0 amide bonds. The second kappa shape index (κ2) is 5.55. The normalized spacial score (nSPS) is 16.0. The molecule has 0 unspecified atom stereocenters. The number of imidazole rings is 1. The first-order valence-corrected chi connectivity index (χ1v) is 7.33. The number of nitrogens with one attached hydrogen (secondary N) is 1. The quantitative estimate of drug-likeness (QED) is 0.750. The van der Waals surface area contributed by atoms with Gasteiger partial charge in [0.25, 0.3) is 0 Å². The molecule has 4 rings (SSSR count). The van der Waals surface area contributed by atoms with E-state index in [1.165, 1.54) is 0 Å². The van der Waals surface area contributed by atoms with Crippen LogP contribution in [-0.4, -0.2) is 56.3 Å². The molecule has 0 spiro atoms. The van der Waals surface area contributed by atoms with Crippen molar-refractivity contribution >= 4 is 22.8 Å². The third-order valence-electron chi connectivity index (χ3n) is 3.88. The van der Waals surface area contributed by atoms with Crippen molar-refractivity contribution in [1.29, 1.82) is 0 Å². The highest BCUT2D eigenvalue weighted by Gasteiger charge is 2.19. The van der Waals surface area contributed by atoms with Gasteiger partial charge in [-0.15, -0.1) is 5.10 Å². The Morgan fingerprint density at radius 1 is 1.00 bits per heavy atom. The Morgan fingerprint density at radius 3 is 2.82 bits per heavy atom. The van der Waals surface area contributed by atoms with Gasteiger partial charge in [-0.3, -0.25) is 0 Å². The van der Waals surface area contributed by atoms with E-state index >= 15 is 0 Å². The number of anilines is 2. The average molecular weight is 296 g/mol. The minimum atomic E-state index is 0.708. The summed E-state index contributed by atoms with van der Waals surface area (Å²) in [5, 5.41) is 8.16. The molecule has 3 aromatic rings. The minimum absolute atomic E-state index is 0.708. The maximum atomic E-state index is 4.44. The summed E-state index contributed by atoms with van der Waals surface area (Å²) >= 11 is 0. The molecule has 1 aliphatic heterocycles. The molecule has 0 bridgehead atoms. The molecule has 8 nitrogen and oxygen atoms in total. The third kappa shape index (κ3) is 2.32. The molecule has 3 aromatic heterocycles. The van der Waals surface area contributed by atoms with E-state index in [1.54, 1.807) is 18.9 Å². The van der Waals surface area contributed by atoms with E-state index in [0.29, 0.717) is 5.65 Å². The van der Waals surface area contributed by atoms with Gasteiger partial charge in [0, 0.05) is 32.4 Å². The molecule has 112 valence electrons. The lowest BCUT2D eigenvalue weighted by Gasteiger charge is -2.23. The van der Waals surface area contributed by atoms with Crippen LogP contribution in [0.25, 0.3) is 11.2 Å². The molecule has 1 saturated heterocycles. The van der Waals surface area contributed by atoms with Gasteiger partial charge in [0.15, 0.2) is 17.3 Å². The van der Waals surface area contributed by atoms with E-state index in [2.05, 4.69) is 39.9 Å². The van der Waals surface area contributed by atoms with E-state index < -0.39 is 0 Å². The minimum Gasteiger partial charge on any atom is -0.353 e. The van der Waals surface area contributed by atoms with Gasteiger partial charge < -0.3 is 14.8 Å². The number of H-pyrrole nitrogens is 1. The first-order valence-electron chi connectivity index (χ1n) is 7.33. The Labute approximate surface area is 127 Å². The molecule has 0 radical (unpaired) electrons. The largest absolute Gasteiger partial charge is 0.353 e. The summed E-state index contributed by atoms with van der Waals surface area (Å²) in [7, 11) is 0. The third-order valence-corrected chi connectivity index (χ3v) is 3.88. The monoisotopic (exact) mass is 296 g/mol. The zero-order chi connectivity index (χ0) is 14.8. The van der Waals surface area contributed by atoms with Crippen molar-refractivity contribution in [2.45, 2.75) is 6.42 Å². The number of fused-ring (bicyclic) bond motifs is 1. The molecule has 0 atom stereocenters. The van der Waals surface area contributed by atoms with Gasteiger partial charge in [0.05, 0.1) is 6.33 Å². The predicted octanol–water partition coefficient (Wildman–Crippen LogP) is 0.860. The number of aromatic nitrogens is 6. The number of rotatable bonds is 2. The van der Waals surface area contributed by atoms with Crippen molar-refractivity contribution in [3.63, 3.8) is 0 Å². The van der Waals surface area contributed by atoms with Gasteiger partial charge in [-0.1, -0.05) is 0 Å². The van der Waals surface area contributed by atoms with Crippen LogP contribution in [-0.2, 0) is 0 Å². The number of hydrogen-bond acceptors (Lipinski definition) is 7. The van der Waals surface area contributed by atoms with Crippen LogP contribution in [0.15, 0.2) is 31.0 Å². The maximum Gasteiger partial charge on any atom is 0.182 e. The molecular formula is C14H16N8. The van der Waals surface area contributed by atoms with Crippen LogP contribution < -0.4 is 9.80 Å². The van der Waals surface area contributed by atoms with Gasteiger partial charge in [0.1, 0.15) is 11.8 Å². The molecule has 0 aliphatic carbocycles. The van der Waals surface area contributed by atoms with E-state index in [-0.39, 0.29) is 0 Å². The lowest BCUT2D eigenvalue weighted by Crippen LogP contribution is -2.31. The highest BCUT2D eigenvalue weighted by Crippen LogP contribution is 2.21. The van der Waals surface area contributed by atoms with Gasteiger partial charge in [-0.05, 0) is 18.6 Å². The molecule has 0 aromatic carbocycles. The van der Waals surface area contributed by atoms with E-state index in [9.17, 15) is 0 Å². The van der Waals surface area contributed by atoms with Crippen molar-refractivity contribution in [1.82, 2.24) is 30.1 Å². The first kappa shape index (κ1) is 12.9. The topological polar surface area (TPSA) is 86.7 Å². The van der Waals surface area contributed by atoms with Crippen LogP contribution >= 0.6 is 0 Å². The highest BCUT2D eigenvalue weighted by atomic mass is 15.3. The molecule has 22 heavy (non-hydrogen) atoms. The summed E-state index contributed by atoms with van der Waals surface area (Å²) in [6.07, 6.45) is 5.97. The fourth-order valence-corrected chi connectivity index (χ4v) is 2.81. The summed E-state index contributed by atoms with van der Waals surface area (Å²) in [4.78, 5) is 20.5. The van der Waals surface area contributed by atoms with Gasteiger partial charge in [-0.2, -0.15) is 5.10 Å². The standard InChI is InChI=1S/C14H16N8/c1-3-11(20-19-4-1)21-5-2-6-22(8-7-21)14-12-13(16-9-15-12)17-10-18-14/h1,3-4,9-10H,2,5-8H2,(H,15,16,17,18). The smallest absolute Gasteiger partial charge is 0.182 e. The van der Waals surface area contributed by atoms with Gasteiger partial charge in [-0.25, -0.2) is 15.0 Å². The fourth-order valence-electron chi connectivity index (χ4n) is 2.81. The Hall–Kier alpha value is -2.77. The molecule has 1 N–H and O–H groups in total. The summed E-state index contributed by atoms with van der Waals surface area (Å²) in [6.45, 7) is 3.67. The second-order valence-corrected chi connectivity index (χ2v) is 5.21.